The number of carbonyl (C=O) groups excluding carboxylic acids is 1. The Morgan fingerprint density at radius 3 is 3.00 bits per heavy atom. The van der Waals surface area contributed by atoms with Gasteiger partial charge in [0.2, 0.25) is 0 Å². The number of hydrogen-bond donors (Lipinski definition) is 1. The Morgan fingerprint density at radius 2 is 2.12 bits per heavy atom. The van der Waals surface area contributed by atoms with Crippen molar-refractivity contribution >= 4 is 16.7 Å². The van der Waals surface area contributed by atoms with Gasteiger partial charge in [-0.15, -0.1) is 0 Å². The Labute approximate surface area is 149 Å². The second-order valence-electron chi connectivity index (χ2n) is 8.51. The number of nitrogens with zero attached hydrogens (tertiary/aromatic N) is 1. The molecule has 1 N–H and O–H groups in total. The fourth-order valence-corrected chi connectivity index (χ4v) is 6.11. The number of fused-ring (bicyclic) bond motifs is 6. The molecule has 3 heterocycles. The molecule has 2 aromatic rings. The van der Waals surface area contributed by atoms with E-state index in [2.05, 4.69) is 41.1 Å². The summed E-state index contributed by atoms with van der Waals surface area (Å²) in [5.41, 5.74) is 4.42. The SMILES string of the molecule is CCC[C@@]12CC3CC(=O)CCC3CN1CCc1c2[nH]c2ccccc12. The van der Waals surface area contributed by atoms with Gasteiger partial charge in [0.1, 0.15) is 5.78 Å². The maximum Gasteiger partial charge on any atom is 0.133 e. The van der Waals surface area contributed by atoms with Gasteiger partial charge in [-0.25, -0.2) is 0 Å². The number of nitrogens with one attached hydrogen (secondary N) is 1. The van der Waals surface area contributed by atoms with Crippen LogP contribution in [0.25, 0.3) is 10.9 Å². The van der Waals surface area contributed by atoms with Gasteiger partial charge in [-0.1, -0.05) is 31.5 Å². The molecule has 5 rings (SSSR count). The van der Waals surface area contributed by atoms with Crippen molar-refractivity contribution in [1.29, 1.82) is 0 Å². The number of carbonyl (C=O) groups is 1. The highest BCUT2D eigenvalue weighted by Crippen LogP contribution is 2.52. The minimum Gasteiger partial charge on any atom is -0.357 e. The number of aromatic nitrogens is 1. The molecule has 1 aliphatic carbocycles. The molecule has 132 valence electrons. The molecule has 3 aliphatic rings. The molecule has 1 saturated carbocycles. The third kappa shape index (κ3) is 2.25. The van der Waals surface area contributed by atoms with Crippen LogP contribution < -0.4 is 0 Å². The van der Waals surface area contributed by atoms with Gasteiger partial charge in [0, 0.05) is 42.5 Å². The fraction of sp³-hybridized carbons (Fsp3) is 0.591. The molecule has 3 nitrogen and oxygen atoms in total. The van der Waals surface area contributed by atoms with E-state index in [0.29, 0.717) is 11.7 Å². The largest absolute Gasteiger partial charge is 0.357 e. The molecule has 3 heteroatoms. The first-order chi connectivity index (χ1) is 12.2. The average molecular weight is 336 g/mol. The summed E-state index contributed by atoms with van der Waals surface area (Å²) in [6, 6.07) is 8.78. The summed E-state index contributed by atoms with van der Waals surface area (Å²) >= 11 is 0. The third-order valence-electron chi connectivity index (χ3n) is 7.18. The van der Waals surface area contributed by atoms with Crippen molar-refractivity contribution in [2.45, 2.75) is 57.4 Å². The van der Waals surface area contributed by atoms with Gasteiger partial charge in [-0.05, 0) is 49.1 Å². The summed E-state index contributed by atoms with van der Waals surface area (Å²) in [6.45, 7) is 4.67. The van der Waals surface area contributed by atoms with Gasteiger partial charge in [-0.3, -0.25) is 9.69 Å². The highest BCUT2D eigenvalue weighted by atomic mass is 16.1. The lowest BCUT2D eigenvalue weighted by Crippen LogP contribution is -2.58. The monoisotopic (exact) mass is 336 g/mol. The van der Waals surface area contributed by atoms with E-state index in [1.165, 1.54) is 42.5 Å². The minimum atomic E-state index is 0.125. The van der Waals surface area contributed by atoms with E-state index in [-0.39, 0.29) is 5.54 Å². The van der Waals surface area contributed by atoms with E-state index in [1.54, 1.807) is 5.56 Å². The summed E-state index contributed by atoms with van der Waals surface area (Å²) in [6.07, 6.45) is 7.45. The third-order valence-corrected chi connectivity index (χ3v) is 7.18. The van der Waals surface area contributed by atoms with Gasteiger partial charge < -0.3 is 4.98 Å². The molecule has 0 bridgehead atoms. The zero-order valence-electron chi connectivity index (χ0n) is 15.2. The number of para-hydroxylation sites is 1. The standard InChI is InChI=1S/C22H28N2O/c1-2-10-22-13-16-12-17(25)8-7-15(16)14-24(22)11-9-19-18-5-3-4-6-20(18)23-21(19)22/h3-6,15-16,23H,2,7-14H2,1H3/t15?,16?,22-/m0/s1. The maximum atomic E-state index is 12.1. The number of rotatable bonds is 2. The summed E-state index contributed by atoms with van der Waals surface area (Å²) in [7, 11) is 0. The summed E-state index contributed by atoms with van der Waals surface area (Å²) in [4.78, 5) is 18.7. The highest BCUT2D eigenvalue weighted by molar-refractivity contribution is 5.85. The Bertz CT molecular complexity index is 823. The first kappa shape index (κ1) is 15.6. The van der Waals surface area contributed by atoms with Gasteiger partial charge in [0.05, 0.1) is 5.54 Å². The molecular formula is C22H28N2O. The zero-order chi connectivity index (χ0) is 17.0. The molecule has 3 atom stereocenters. The number of Topliss-reactive ketones (excluding diaryl/α,β-unsaturated/α-hetero) is 1. The predicted molar refractivity (Wildman–Crippen MR) is 101 cm³/mol. The first-order valence-electron chi connectivity index (χ1n) is 10.1. The van der Waals surface area contributed by atoms with Crippen LogP contribution in [0.1, 0.15) is 56.7 Å². The molecule has 0 radical (unpaired) electrons. The van der Waals surface area contributed by atoms with Crippen LogP contribution in [0, 0.1) is 11.8 Å². The Kier molecular flexibility index (Phi) is 3.56. The molecule has 2 aliphatic heterocycles. The highest BCUT2D eigenvalue weighted by Gasteiger charge is 2.51. The van der Waals surface area contributed by atoms with E-state index in [4.69, 9.17) is 0 Å². The van der Waals surface area contributed by atoms with Crippen LogP contribution in [0.15, 0.2) is 24.3 Å². The molecule has 2 unspecified atom stereocenters. The number of ketones is 1. The van der Waals surface area contributed by atoms with Crippen LogP contribution in [0.2, 0.25) is 0 Å². The average Bonchev–Trinajstić information content (AvgIpc) is 3.00. The second-order valence-corrected chi connectivity index (χ2v) is 8.51. The lowest BCUT2D eigenvalue weighted by atomic mass is 9.64. The minimum absolute atomic E-state index is 0.125. The van der Waals surface area contributed by atoms with Gasteiger partial charge in [-0.2, -0.15) is 0 Å². The lowest BCUT2D eigenvalue weighted by Gasteiger charge is -2.56. The lowest BCUT2D eigenvalue weighted by molar-refractivity contribution is -0.127. The molecule has 0 spiro atoms. The quantitative estimate of drug-likeness (QED) is 0.882. The van der Waals surface area contributed by atoms with E-state index in [9.17, 15) is 4.79 Å². The van der Waals surface area contributed by atoms with Crippen molar-refractivity contribution in [3.8, 4) is 0 Å². The van der Waals surface area contributed by atoms with Crippen LogP contribution in [0.4, 0.5) is 0 Å². The van der Waals surface area contributed by atoms with Crippen LogP contribution >= 0.6 is 0 Å². The molecule has 1 aromatic heterocycles. The van der Waals surface area contributed by atoms with Crippen LogP contribution in [-0.2, 0) is 16.8 Å². The zero-order valence-corrected chi connectivity index (χ0v) is 15.2. The smallest absolute Gasteiger partial charge is 0.133 e. The van der Waals surface area contributed by atoms with Gasteiger partial charge >= 0.3 is 0 Å². The van der Waals surface area contributed by atoms with Crippen LogP contribution in [0.5, 0.6) is 0 Å². The fourth-order valence-electron chi connectivity index (χ4n) is 6.11. The van der Waals surface area contributed by atoms with E-state index < -0.39 is 0 Å². The van der Waals surface area contributed by atoms with E-state index in [0.717, 1.165) is 38.0 Å². The summed E-state index contributed by atoms with van der Waals surface area (Å²) < 4.78 is 0. The summed E-state index contributed by atoms with van der Waals surface area (Å²) in [5.74, 6) is 1.81. The Hall–Kier alpha value is -1.61. The van der Waals surface area contributed by atoms with Crippen LogP contribution in [-0.4, -0.2) is 28.8 Å². The van der Waals surface area contributed by atoms with Crippen molar-refractivity contribution in [1.82, 2.24) is 9.88 Å². The first-order valence-corrected chi connectivity index (χ1v) is 10.1. The molecule has 1 saturated heterocycles. The van der Waals surface area contributed by atoms with Gasteiger partial charge in [0.25, 0.3) is 0 Å². The Morgan fingerprint density at radius 1 is 1.24 bits per heavy atom. The molecule has 2 fully saturated rings. The van der Waals surface area contributed by atoms with Crippen LogP contribution in [0.3, 0.4) is 0 Å². The predicted octanol–water partition coefficient (Wildman–Crippen LogP) is 4.41. The Balaban J connectivity index is 1.63. The topological polar surface area (TPSA) is 36.1 Å². The maximum absolute atomic E-state index is 12.1. The molecule has 1 aromatic carbocycles. The number of piperidine rings is 1. The van der Waals surface area contributed by atoms with Crippen molar-refractivity contribution in [3.63, 3.8) is 0 Å². The second kappa shape index (κ2) is 5.70. The van der Waals surface area contributed by atoms with E-state index in [1.807, 2.05) is 0 Å². The molecule has 25 heavy (non-hydrogen) atoms. The molecule has 0 amide bonds. The van der Waals surface area contributed by atoms with E-state index >= 15 is 0 Å². The van der Waals surface area contributed by atoms with Crippen molar-refractivity contribution < 1.29 is 4.79 Å². The number of benzene rings is 1. The summed E-state index contributed by atoms with van der Waals surface area (Å²) in [5, 5.41) is 1.41. The van der Waals surface area contributed by atoms with Crippen molar-refractivity contribution in [2.24, 2.45) is 11.8 Å². The number of hydrogen-bond acceptors (Lipinski definition) is 2. The van der Waals surface area contributed by atoms with Gasteiger partial charge in [0.15, 0.2) is 0 Å². The van der Waals surface area contributed by atoms with Crippen molar-refractivity contribution in [3.05, 3.63) is 35.5 Å². The molecular weight excluding hydrogens is 308 g/mol. The normalized spacial score (nSPS) is 32.3. The van der Waals surface area contributed by atoms with Crippen molar-refractivity contribution in [2.75, 3.05) is 13.1 Å². The number of aromatic amines is 1. The number of H-pyrrole nitrogens is 1.